The molecule has 9 heteroatoms. The average molecular weight is 464 g/mol. The molecule has 1 aromatic heterocycles. The number of anilines is 1. The number of para-hydroxylation sites is 1. The highest BCUT2D eigenvalue weighted by atomic mass is 32.2. The predicted molar refractivity (Wildman–Crippen MR) is 124 cm³/mol. The average Bonchev–Trinajstić information content (AvgIpc) is 2.84. The zero-order valence-corrected chi connectivity index (χ0v) is 18.5. The second-order valence-electron chi connectivity index (χ2n) is 6.93. The third kappa shape index (κ3) is 5.21. The van der Waals surface area contributed by atoms with E-state index in [0.29, 0.717) is 29.0 Å². The summed E-state index contributed by atoms with van der Waals surface area (Å²) in [6.07, 6.45) is 0. The summed E-state index contributed by atoms with van der Waals surface area (Å²) in [6.45, 7) is 2.42. The third-order valence-electron chi connectivity index (χ3n) is 4.64. The number of benzene rings is 3. The maximum Gasteiger partial charge on any atom is 0.276 e. The third-order valence-corrected chi connectivity index (χ3v) is 5.87. The first-order valence-electron chi connectivity index (χ1n) is 10.1. The molecule has 4 aromatic rings. The molecule has 0 unspecified atom stereocenters. The van der Waals surface area contributed by atoms with Crippen molar-refractivity contribution < 1.29 is 22.4 Å². The van der Waals surface area contributed by atoms with Crippen molar-refractivity contribution in [3.63, 3.8) is 0 Å². The molecule has 0 aliphatic carbocycles. The van der Waals surface area contributed by atoms with Crippen LogP contribution in [-0.2, 0) is 10.0 Å². The molecule has 0 bridgehead atoms. The Morgan fingerprint density at radius 1 is 0.970 bits per heavy atom. The van der Waals surface area contributed by atoms with E-state index in [4.69, 9.17) is 9.15 Å². The molecule has 0 saturated carbocycles. The van der Waals surface area contributed by atoms with Gasteiger partial charge in [0.2, 0.25) is 5.55 Å². The number of nitrogens with one attached hydrogen (secondary N) is 2. The summed E-state index contributed by atoms with van der Waals surface area (Å²) < 4.78 is 36.3. The van der Waals surface area contributed by atoms with Crippen LogP contribution in [0, 0.1) is 0 Å². The fourth-order valence-electron chi connectivity index (χ4n) is 3.07. The largest absolute Gasteiger partial charge is 0.494 e. The van der Waals surface area contributed by atoms with E-state index >= 15 is 0 Å². The van der Waals surface area contributed by atoms with E-state index in [-0.39, 0.29) is 16.0 Å². The summed E-state index contributed by atoms with van der Waals surface area (Å²) in [5, 5.41) is 7.36. The molecular weight excluding hydrogens is 442 g/mol. The zero-order valence-electron chi connectivity index (χ0n) is 17.7. The van der Waals surface area contributed by atoms with E-state index in [1.807, 2.05) is 6.92 Å². The number of amides is 1. The van der Waals surface area contributed by atoms with Crippen molar-refractivity contribution in [1.82, 2.24) is 4.83 Å². The molecule has 1 heterocycles. The molecule has 168 valence electrons. The van der Waals surface area contributed by atoms with Gasteiger partial charge in [0, 0.05) is 11.1 Å². The van der Waals surface area contributed by atoms with Crippen molar-refractivity contribution in [2.24, 2.45) is 5.10 Å². The smallest absolute Gasteiger partial charge is 0.276 e. The molecule has 0 atom stereocenters. The minimum absolute atomic E-state index is 0.0370. The maximum absolute atomic E-state index is 13.0. The number of ether oxygens (including phenoxy) is 1. The van der Waals surface area contributed by atoms with E-state index < -0.39 is 15.9 Å². The highest BCUT2D eigenvalue weighted by Crippen LogP contribution is 2.18. The lowest BCUT2D eigenvalue weighted by Crippen LogP contribution is -2.27. The van der Waals surface area contributed by atoms with Crippen molar-refractivity contribution >= 4 is 32.6 Å². The number of nitrogens with zero attached hydrogens (tertiary/aromatic N) is 1. The summed E-state index contributed by atoms with van der Waals surface area (Å²) in [6, 6.07) is 23.3. The van der Waals surface area contributed by atoms with Gasteiger partial charge in [-0.15, -0.1) is 5.10 Å². The van der Waals surface area contributed by atoms with Gasteiger partial charge in [0.15, 0.2) is 0 Å². The standard InChI is InChI=1S/C24H21N3O5S/c1-2-31-19-14-12-18(13-15-19)25-23(28)21-16-17-8-6-7-11-22(17)32-24(21)26-27-33(29,30)20-9-4-3-5-10-20/h3-16,27H,2H2,1H3,(H,25,28)/b26-24+. The lowest BCUT2D eigenvalue weighted by molar-refractivity contribution is 0.102. The minimum Gasteiger partial charge on any atom is -0.494 e. The summed E-state index contributed by atoms with van der Waals surface area (Å²) in [5.41, 5.74) is 0.884. The van der Waals surface area contributed by atoms with Crippen LogP contribution in [0.1, 0.15) is 17.3 Å². The van der Waals surface area contributed by atoms with Gasteiger partial charge < -0.3 is 14.5 Å². The number of fused-ring (bicyclic) bond motifs is 1. The molecule has 4 rings (SSSR count). The van der Waals surface area contributed by atoms with Gasteiger partial charge in [0.25, 0.3) is 15.9 Å². The first-order chi connectivity index (χ1) is 16.0. The normalized spacial score (nSPS) is 11.8. The molecule has 8 nitrogen and oxygen atoms in total. The van der Waals surface area contributed by atoms with Gasteiger partial charge >= 0.3 is 0 Å². The van der Waals surface area contributed by atoms with Crippen LogP contribution in [0.4, 0.5) is 5.69 Å². The van der Waals surface area contributed by atoms with Crippen LogP contribution in [-0.4, -0.2) is 20.9 Å². The summed E-state index contributed by atoms with van der Waals surface area (Å²) in [5.74, 6) is 0.175. The lowest BCUT2D eigenvalue weighted by Gasteiger charge is -2.08. The summed E-state index contributed by atoms with van der Waals surface area (Å²) in [7, 11) is -3.95. The summed E-state index contributed by atoms with van der Waals surface area (Å²) in [4.78, 5) is 15.2. The number of carbonyl (C=O) groups is 1. The van der Waals surface area contributed by atoms with Gasteiger partial charge in [-0.1, -0.05) is 36.4 Å². The Kier molecular flexibility index (Phi) is 6.41. The Labute approximate surface area is 190 Å². The zero-order chi connectivity index (χ0) is 23.3. The van der Waals surface area contributed by atoms with Crippen molar-refractivity contribution in [3.8, 4) is 5.75 Å². The second-order valence-corrected chi connectivity index (χ2v) is 8.59. The van der Waals surface area contributed by atoms with Crippen LogP contribution in [0.15, 0.2) is 99.3 Å². The van der Waals surface area contributed by atoms with Crippen molar-refractivity contribution in [2.75, 3.05) is 11.9 Å². The van der Waals surface area contributed by atoms with Crippen LogP contribution in [0.3, 0.4) is 0 Å². The van der Waals surface area contributed by atoms with Gasteiger partial charge in [-0.05, 0) is 55.5 Å². The highest BCUT2D eigenvalue weighted by Gasteiger charge is 2.16. The molecule has 0 spiro atoms. The number of rotatable bonds is 7. The van der Waals surface area contributed by atoms with E-state index in [0.717, 1.165) is 0 Å². The maximum atomic E-state index is 13.0. The second kappa shape index (κ2) is 9.58. The van der Waals surface area contributed by atoms with E-state index in [1.165, 1.54) is 12.1 Å². The number of hydrogen-bond acceptors (Lipinski definition) is 6. The van der Waals surface area contributed by atoms with Crippen molar-refractivity contribution in [3.05, 3.63) is 96.0 Å². The van der Waals surface area contributed by atoms with Crippen molar-refractivity contribution in [1.29, 1.82) is 0 Å². The van der Waals surface area contributed by atoms with Crippen molar-refractivity contribution in [2.45, 2.75) is 11.8 Å². The predicted octanol–water partition coefficient (Wildman–Crippen LogP) is 3.88. The Bertz CT molecular complexity index is 1450. The highest BCUT2D eigenvalue weighted by molar-refractivity contribution is 7.89. The minimum atomic E-state index is -3.95. The fraction of sp³-hybridized carbons (Fsp3) is 0.0833. The first kappa shape index (κ1) is 22.1. The molecule has 0 radical (unpaired) electrons. The monoisotopic (exact) mass is 463 g/mol. The Morgan fingerprint density at radius 2 is 1.67 bits per heavy atom. The fourth-order valence-corrected chi connectivity index (χ4v) is 3.89. The first-order valence-corrected chi connectivity index (χ1v) is 11.6. The molecule has 0 saturated heterocycles. The van der Waals surface area contributed by atoms with Crippen LogP contribution in [0.25, 0.3) is 11.0 Å². The van der Waals surface area contributed by atoms with E-state index in [2.05, 4.69) is 15.2 Å². The van der Waals surface area contributed by atoms with E-state index in [1.54, 1.807) is 72.8 Å². The Hall–Kier alpha value is -4.11. The molecule has 1 amide bonds. The number of sulfonamides is 1. The molecule has 0 aliphatic rings. The topological polar surface area (TPSA) is 110 Å². The van der Waals surface area contributed by atoms with E-state index in [9.17, 15) is 13.2 Å². The Morgan fingerprint density at radius 3 is 2.39 bits per heavy atom. The van der Waals surface area contributed by atoms with Gasteiger partial charge in [-0.25, -0.2) is 0 Å². The molecule has 0 aliphatic heterocycles. The van der Waals surface area contributed by atoms with Gasteiger partial charge in [0.05, 0.1) is 11.5 Å². The molecule has 0 fully saturated rings. The molecular formula is C24H21N3O5S. The quantitative estimate of drug-likeness (QED) is 0.404. The number of carbonyl (C=O) groups excluding carboxylic acids is 1. The number of hydrogen-bond donors (Lipinski definition) is 2. The van der Waals surface area contributed by atoms with Gasteiger partial charge in [0.1, 0.15) is 16.9 Å². The molecule has 3 aromatic carbocycles. The summed E-state index contributed by atoms with van der Waals surface area (Å²) >= 11 is 0. The van der Waals surface area contributed by atoms with Crippen LogP contribution >= 0.6 is 0 Å². The SMILES string of the molecule is CCOc1ccc(NC(=O)c2cc3ccccc3o/c2=N/NS(=O)(=O)c2ccccc2)cc1. The Balaban J connectivity index is 1.70. The molecule has 33 heavy (non-hydrogen) atoms. The molecule has 2 N–H and O–H groups in total. The van der Waals surface area contributed by atoms with Crippen LogP contribution < -0.4 is 20.4 Å². The lowest BCUT2D eigenvalue weighted by atomic mass is 10.1. The van der Waals surface area contributed by atoms with Gasteiger partial charge in [-0.2, -0.15) is 13.2 Å². The van der Waals surface area contributed by atoms with Gasteiger partial charge in [-0.3, -0.25) is 4.79 Å². The van der Waals surface area contributed by atoms with Crippen LogP contribution in [0.2, 0.25) is 0 Å². The van der Waals surface area contributed by atoms with Crippen LogP contribution in [0.5, 0.6) is 5.75 Å².